The molecule has 5 heteroatoms. The predicted octanol–water partition coefficient (Wildman–Crippen LogP) is 2.07. The third kappa shape index (κ3) is 3.26. The Bertz CT molecular complexity index is 453. The number of nitrogens with one attached hydrogen (secondary N) is 2. The van der Waals surface area contributed by atoms with E-state index in [1.807, 2.05) is 13.0 Å². The molecule has 0 saturated heterocycles. The minimum atomic E-state index is -0.166. The predicted molar refractivity (Wildman–Crippen MR) is 77.5 cm³/mol. The minimum Gasteiger partial charge on any atom is -0.368 e. The number of amides is 1. The maximum Gasteiger partial charge on any atom is 0.271 e. The van der Waals surface area contributed by atoms with Crippen LogP contribution in [0.5, 0.6) is 0 Å². The molecule has 20 heavy (non-hydrogen) atoms. The second kappa shape index (κ2) is 5.77. The average molecular weight is 274 g/mol. The number of nitrogens with zero attached hydrogens (tertiary/aromatic N) is 2. The van der Waals surface area contributed by atoms with Crippen LogP contribution < -0.4 is 10.6 Å². The van der Waals surface area contributed by atoms with E-state index in [4.69, 9.17) is 0 Å². The summed E-state index contributed by atoms with van der Waals surface area (Å²) in [5.74, 6) is 3.26. The Kier molecular flexibility index (Phi) is 3.85. The van der Waals surface area contributed by atoms with Crippen LogP contribution in [0.25, 0.3) is 0 Å². The molecule has 1 aromatic heterocycles. The van der Waals surface area contributed by atoms with Crippen LogP contribution in [0, 0.1) is 17.8 Å². The van der Waals surface area contributed by atoms with Gasteiger partial charge >= 0.3 is 0 Å². The topological polar surface area (TPSA) is 66.9 Å². The smallest absolute Gasteiger partial charge is 0.271 e. The van der Waals surface area contributed by atoms with E-state index in [2.05, 4.69) is 20.8 Å². The first kappa shape index (κ1) is 13.3. The summed E-state index contributed by atoms with van der Waals surface area (Å²) in [7, 11) is 0. The molecule has 0 bridgehead atoms. The highest BCUT2D eigenvalue weighted by Gasteiger charge is 2.41. The zero-order chi connectivity index (χ0) is 13.9. The maximum absolute atomic E-state index is 11.6. The van der Waals surface area contributed by atoms with E-state index in [0.717, 1.165) is 30.1 Å². The van der Waals surface area contributed by atoms with Gasteiger partial charge < -0.3 is 10.6 Å². The van der Waals surface area contributed by atoms with Crippen molar-refractivity contribution in [2.45, 2.75) is 32.6 Å². The van der Waals surface area contributed by atoms with E-state index in [9.17, 15) is 4.79 Å². The van der Waals surface area contributed by atoms with Gasteiger partial charge in [-0.05, 0) is 62.5 Å². The van der Waals surface area contributed by atoms with Crippen molar-refractivity contribution in [3.05, 3.63) is 17.8 Å². The molecule has 0 unspecified atom stereocenters. The highest BCUT2D eigenvalue weighted by atomic mass is 16.1. The first-order chi connectivity index (χ1) is 9.78. The van der Waals surface area contributed by atoms with E-state index in [1.165, 1.54) is 25.7 Å². The monoisotopic (exact) mass is 274 g/mol. The van der Waals surface area contributed by atoms with Gasteiger partial charge in [-0.25, -0.2) is 0 Å². The molecule has 1 heterocycles. The van der Waals surface area contributed by atoms with E-state index in [1.54, 1.807) is 6.07 Å². The molecule has 1 aromatic rings. The van der Waals surface area contributed by atoms with Gasteiger partial charge in [0.05, 0.1) is 0 Å². The summed E-state index contributed by atoms with van der Waals surface area (Å²) in [5.41, 5.74) is 0.373. The lowest BCUT2D eigenvalue weighted by Gasteiger charge is -2.16. The molecule has 0 spiro atoms. The summed E-state index contributed by atoms with van der Waals surface area (Å²) in [6.07, 6.45) is 5.57. The van der Waals surface area contributed by atoms with Gasteiger partial charge in [0.2, 0.25) is 0 Å². The van der Waals surface area contributed by atoms with Crippen molar-refractivity contribution in [2.75, 3.05) is 18.4 Å². The van der Waals surface area contributed by atoms with Crippen LogP contribution in [-0.2, 0) is 0 Å². The molecule has 1 amide bonds. The second-order valence-electron chi connectivity index (χ2n) is 5.88. The zero-order valence-corrected chi connectivity index (χ0v) is 11.9. The van der Waals surface area contributed by atoms with Crippen molar-refractivity contribution < 1.29 is 4.79 Å². The number of carbonyl (C=O) groups excluding carboxylic acids is 1. The molecule has 2 saturated carbocycles. The highest BCUT2D eigenvalue weighted by Crippen LogP contribution is 2.49. The Morgan fingerprint density at radius 3 is 2.45 bits per heavy atom. The van der Waals surface area contributed by atoms with E-state index >= 15 is 0 Å². The summed E-state index contributed by atoms with van der Waals surface area (Å²) in [4.78, 5) is 11.6. The van der Waals surface area contributed by atoms with Crippen molar-refractivity contribution in [3.63, 3.8) is 0 Å². The van der Waals surface area contributed by atoms with Crippen molar-refractivity contribution in [1.82, 2.24) is 15.5 Å². The fraction of sp³-hybridized carbons (Fsp3) is 0.667. The summed E-state index contributed by atoms with van der Waals surface area (Å²) in [5, 5.41) is 14.2. The van der Waals surface area contributed by atoms with Crippen LogP contribution in [0.4, 0.5) is 5.82 Å². The number of aromatic nitrogens is 2. The molecule has 2 fully saturated rings. The third-order valence-electron chi connectivity index (χ3n) is 4.21. The standard InChI is InChI=1S/C15H22N4O/c1-2-16-15(20)13-7-8-14(19-18-13)17-9-12(10-3-4-10)11-5-6-11/h7-8,10-12H,2-6,9H2,1H3,(H,16,20)(H,17,19). The second-order valence-corrected chi connectivity index (χ2v) is 5.88. The van der Waals surface area contributed by atoms with Crippen molar-refractivity contribution in [1.29, 1.82) is 0 Å². The number of carbonyl (C=O) groups is 1. The SMILES string of the molecule is CCNC(=O)c1ccc(NCC(C2CC2)C2CC2)nn1. The minimum absolute atomic E-state index is 0.166. The Labute approximate surface area is 119 Å². The summed E-state index contributed by atoms with van der Waals surface area (Å²) >= 11 is 0. The summed E-state index contributed by atoms with van der Waals surface area (Å²) in [6, 6.07) is 3.57. The molecule has 2 N–H and O–H groups in total. The number of hydrogen-bond acceptors (Lipinski definition) is 4. The van der Waals surface area contributed by atoms with Crippen molar-refractivity contribution >= 4 is 11.7 Å². The largest absolute Gasteiger partial charge is 0.368 e. The van der Waals surface area contributed by atoms with Gasteiger partial charge in [0.1, 0.15) is 5.82 Å². The highest BCUT2D eigenvalue weighted by molar-refractivity contribution is 5.92. The molecule has 5 nitrogen and oxygen atoms in total. The van der Waals surface area contributed by atoms with Crippen LogP contribution in [0.2, 0.25) is 0 Å². The van der Waals surface area contributed by atoms with E-state index in [-0.39, 0.29) is 5.91 Å². The van der Waals surface area contributed by atoms with E-state index in [0.29, 0.717) is 12.2 Å². The molecule has 2 aliphatic carbocycles. The molecule has 2 aliphatic rings. The fourth-order valence-corrected chi connectivity index (χ4v) is 2.79. The maximum atomic E-state index is 11.6. The fourth-order valence-electron chi connectivity index (χ4n) is 2.79. The molecule has 108 valence electrons. The van der Waals surface area contributed by atoms with Crippen LogP contribution in [0.3, 0.4) is 0 Å². The molecule has 0 aromatic carbocycles. The van der Waals surface area contributed by atoms with Crippen LogP contribution >= 0.6 is 0 Å². The molecule has 0 atom stereocenters. The Balaban J connectivity index is 1.53. The van der Waals surface area contributed by atoms with Gasteiger partial charge in [0, 0.05) is 13.1 Å². The zero-order valence-electron chi connectivity index (χ0n) is 11.9. The van der Waals surface area contributed by atoms with Crippen LogP contribution in [0.1, 0.15) is 43.1 Å². The van der Waals surface area contributed by atoms with Crippen LogP contribution in [0.15, 0.2) is 12.1 Å². The summed E-state index contributed by atoms with van der Waals surface area (Å²) < 4.78 is 0. The average Bonchev–Trinajstić information content (AvgIpc) is 3.34. The third-order valence-corrected chi connectivity index (χ3v) is 4.21. The Hall–Kier alpha value is -1.65. The molecule has 3 rings (SSSR count). The first-order valence-electron chi connectivity index (χ1n) is 7.63. The Morgan fingerprint density at radius 2 is 1.95 bits per heavy atom. The molecule has 0 aliphatic heterocycles. The summed E-state index contributed by atoms with van der Waals surface area (Å²) in [6.45, 7) is 3.48. The van der Waals surface area contributed by atoms with Gasteiger partial charge in [-0.3, -0.25) is 4.79 Å². The lowest BCUT2D eigenvalue weighted by Crippen LogP contribution is -2.24. The lowest BCUT2D eigenvalue weighted by atomic mass is 9.98. The van der Waals surface area contributed by atoms with Gasteiger partial charge in [0.15, 0.2) is 5.69 Å². The molecular formula is C15H22N4O. The Morgan fingerprint density at radius 1 is 1.25 bits per heavy atom. The number of rotatable bonds is 7. The molecular weight excluding hydrogens is 252 g/mol. The quantitative estimate of drug-likeness (QED) is 0.799. The van der Waals surface area contributed by atoms with Gasteiger partial charge in [0.25, 0.3) is 5.91 Å². The van der Waals surface area contributed by atoms with Crippen molar-refractivity contribution in [2.24, 2.45) is 17.8 Å². The molecule has 0 radical (unpaired) electrons. The van der Waals surface area contributed by atoms with Crippen LogP contribution in [-0.4, -0.2) is 29.2 Å². The van der Waals surface area contributed by atoms with Gasteiger partial charge in [-0.2, -0.15) is 0 Å². The van der Waals surface area contributed by atoms with Gasteiger partial charge in [-0.15, -0.1) is 10.2 Å². The number of anilines is 1. The number of hydrogen-bond donors (Lipinski definition) is 2. The van der Waals surface area contributed by atoms with E-state index < -0.39 is 0 Å². The van der Waals surface area contributed by atoms with Gasteiger partial charge in [-0.1, -0.05) is 0 Å². The van der Waals surface area contributed by atoms with Crippen molar-refractivity contribution in [3.8, 4) is 0 Å². The first-order valence-corrected chi connectivity index (χ1v) is 7.63. The lowest BCUT2D eigenvalue weighted by molar-refractivity contribution is 0.0950. The normalized spacial score (nSPS) is 18.1.